The maximum atomic E-state index is 12.8. The largest absolute Gasteiger partial charge is 0.461 e. The van der Waals surface area contributed by atoms with Gasteiger partial charge in [0.2, 0.25) is 11.7 Å². The first kappa shape index (κ1) is 20.9. The molecule has 0 aliphatic rings. The highest BCUT2D eigenvalue weighted by Gasteiger charge is 2.23. The van der Waals surface area contributed by atoms with Crippen LogP contribution in [0.4, 0.5) is 0 Å². The number of furan rings is 1. The highest BCUT2D eigenvalue weighted by molar-refractivity contribution is 8.00. The molecule has 0 radical (unpaired) electrons. The topological polar surface area (TPSA) is 73.0 Å². The quantitative estimate of drug-likeness (QED) is 0.400. The molecule has 2 atom stereocenters. The van der Waals surface area contributed by atoms with Gasteiger partial charge in [0.05, 0.1) is 11.5 Å². The SMILES string of the molecule is CC(Sc1nnc(-c2ccco2)n1-c1ccccc1)C(=O)NCC(C)c1ccccc1. The third-order valence-corrected chi connectivity index (χ3v) is 6.03. The fourth-order valence-corrected chi connectivity index (χ4v) is 4.12. The lowest BCUT2D eigenvalue weighted by Crippen LogP contribution is -2.33. The van der Waals surface area contributed by atoms with E-state index in [1.807, 2.05) is 72.2 Å². The van der Waals surface area contributed by atoms with Crippen LogP contribution in [0.5, 0.6) is 0 Å². The number of aromatic nitrogens is 3. The van der Waals surface area contributed by atoms with Gasteiger partial charge < -0.3 is 9.73 Å². The molecular formula is C24H24N4O2S. The summed E-state index contributed by atoms with van der Waals surface area (Å²) >= 11 is 1.37. The molecule has 0 fully saturated rings. The Morgan fingerprint density at radius 3 is 2.39 bits per heavy atom. The molecule has 1 N–H and O–H groups in total. The van der Waals surface area contributed by atoms with Crippen LogP contribution in [0.15, 0.2) is 88.6 Å². The van der Waals surface area contributed by atoms with Crippen molar-refractivity contribution < 1.29 is 9.21 Å². The number of nitrogens with zero attached hydrogens (tertiary/aromatic N) is 3. The molecule has 6 nitrogen and oxygen atoms in total. The number of nitrogens with one attached hydrogen (secondary N) is 1. The van der Waals surface area contributed by atoms with Crippen molar-refractivity contribution in [3.8, 4) is 17.3 Å². The minimum absolute atomic E-state index is 0.0325. The first-order valence-corrected chi connectivity index (χ1v) is 11.1. The van der Waals surface area contributed by atoms with E-state index < -0.39 is 0 Å². The van der Waals surface area contributed by atoms with E-state index in [0.717, 1.165) is 5.69 Å². The van der Waals surface area contributed by atoms with Gasteiger partial charge in [0, 0.05) is 12.2 Å². The summed E-state index contributed by atoms with van der Waals surface area (Å²) in [6.45, 7) is 4.57. The number of thioether (sulfide) groups is 1. The summed E-state index contributed by atoms with van der Waals surface area (Å²) in [5.41, 5.74) is 2.11. The van der Waals surface area contributed by atoms with Crippen LogP contribution in [-0.2, 0) is 4.79 Å². The third-order valence-electron chi connectivity index (χ3n) is 4.99. The maximum absolute atomic E-state index is 12.8. The van der Waals surface area contributed by atoms with Crippen LogP contribution < -0.4 is 5.32 Å². The molecule has 0 aliphatic heterocycles. The van der Waals surface area contributed by atoms with E-state index >= 15 is 0 Å². The number of rotatable bonds is 8. The second-order valence-electron chi connectivity index (χ2n) is 7.27. The van der Waals surface area contributed by atoms with Gasteiger partial charge in [-0.2, -0.15) is 0 Å². The summed E-state index contributed by atoms with van der Waals surface area (Å²) in [6.07, 6.45) is 1.61. The maximum Gasteiger partial charge on any atom is 0.233 e. The zero-order chi connectivity index (χ0) is 21.6. The van der Waals surface area contributed by atoms with Gasteiger partial charge in [0.1, 0.15) is 0 Å². The number of hydrogen-bond acceptors (Lipinski definition) is 5. The molecule has 0 aliphatic carbocycles. The number of amides is 1. The molecule has 0 saturated heterocycles. The average Bonchev–Trinajstić information content (AvgIpc) is 3.48. The summed E-state index contributed by atoms with van der Waals surface area (Å²) in [4.78, 5) is 12.8. The summed E-state index contributed by atoms with van der Waals surface area (Å²) in [7, 11) is 0. The standard InChI is InChI=1S/C24H24N4O2S/c1-17(19-10-5-3-6-11-19)16-25-23(29)18(2)31-24-27-26-22(21-14-9-15-30-21)28(24)20-12-7-4-8-13-20/h3-15,17-18H,16H2,1-2H3,(H,25,29). The molecule has 158 valence electrons. The Morgan fingerprint density at radius 1 is 1.00 bits per heavy atom. The van der Waals surface area contributed by atoms with Crippen molar-refractivity contribution in [1.82, 2.24) is 20.1 Å². The van der Waals surface area contributed by atoms with E-state index in [0.29, 0.717) is 23.3 Å². The molecule has 4 rings (SSSR count). The van der Waals surface area contributed by atoms with Crippen LogP contribution in [0.3, 0.4) is 0 Å². The number of benzene rings is 2. The van der Waals surface area contributed by atoms with Gasteiger partial charge in [0.15, 0.2) is 10.9 Å². The van der Waals surface area contributed by atoms with Gasteiger partial charge in [-0.15, -0.1) is 10.2 Å². The summed E-state index contributed by atoms with van der Waals surface area (Å²) in [5.74, 6) is 1.43. The monoisotopic (exact) mass is 432 g/mol. The molecule has 1 amide bonds. The van der Waals surface area contributed by atoms with Gasteiger partial charge in [-0.3, -0.25) is 9.36 Å². The number of para-hydroxylation sites is 1. The molecule has 0 spiro atoms. The lowest BCUT2D eigenvalue weighted by atomic mass is 10.0. The molecule has 4 aromatic rings. The lowest BCUT2D eigenvalue weighted by molar-refractivity contribution is -0.120. The fourth-order valence-electron chi connectivity index (χ4n) is 3.23. The number of carbonyl (C=O) groups excluding carboxylic acids is 1. The molecule has 2 heterocycles. The summed E-state index contributed by atoms with van der Waals surface area (Å²) < 4.78 is 7.46. The minimum Gasteiger partial charge on any atom is -0.461 e. The zero-order valence-corrected chi connectivity index (χ0v) is 18.3. The van der Waals surface area contributed by atoms with Crippen LogP contribution in [-0.4, -0.2) is 32.5 Å². The Hall–Kier alpha value is -3.32. The Morgan fingerprint density at radius 2 is 1.71 bits per heavy atom. The van der Waals surface area contributed by atoms with Crippen LogP contribution >= 0.6 is 11.8 Å². The molecule has 2 aromatic carbocycles. The Balaban J connectivity index is 1.49. The van der Waals surface area contributed by atoms with E-state index in [-0.39, 0.29) is 17.1 Å². The predicted molar refractivity (Wildman–Crippen MR) is 122 cm³/mol. The lowest BCUT2D eigenvalue weighted by Gasteiger charge is -2.16. The van der Waals surface area contributed by atoms with Crippen molar-refractivity contribution in [3.63, 3.8) is 0 Å². The second kappa shape index (κ2) is 9.66. The minimum atomic E-state index is -0.334. The molecule has 2 unspecified atom stereocenters. The van der Waals surface area contributed by atoms with Crippen molar-refractivity contribution in [3.05, 3.63) is 84.6 Å². The molecule has 0 bridgehead atoms. The average molecular weight is 433 g/mol. The molecular weight excluding hydrogens is 408 g/mol. The second-order valence-corrected chi connectivity index (χ2v) is 8.58. The Labute approximate surface area is 185 Å². The van der Waals surface area contributed by atoms with Crippen molar-refractivity contribution in [2.75, 3.05) is 6.54 Å². The van der Waals surface area contributed by atoms with E-state index in [1.54, 1.807) is 6.26 Å². The first-order chi connectivity index (χ1) is 15.1. The predicted octanol–water partition coefficient (Wildman–Crippen LogP) is 4.93. The van der Waals surface area contributed by atoms with Crippen molar-refractivity contribution >= 4 is 17.7 Å². The Bertz CT molecular complexity index is 1110. The number of carbonyl (C=O) groups is 1. The fraction of sp³-hybridized carbons (Fsp3) is 0.208. The van der Waals surface area contributed by atoms with Crippen molar-refractivity contribution in [2.24, 2.45) is 0 Å². The van der Waals surface area contributed by atoms with Gasteiger partial charge >= 0.3 is 0 Å². The summed E-state index contributed by atoms with van der Waals surface area (Å²) in [5, 5.41) is 12.0. The highest BCUT2D eigenvalue weighted by Crippen LogP contribution is 2.30. The van der Waals surface area contributed by atoms with Crippen molar-refractivity contribution in [1.29, 1.82) is 0 Å². The van der Waals surface area contributed by atoms with E-state index in [2.05, 4.69) is 34.6 Å². The molecule has 31 heavy (non-hydrogen) atoms. The van der Waals surface area contributed by atoms with Crippen molar-refractivity contribution in [2.45, 2.75) is 30.2 Å². The first-order valence-electron chi connectivity index (χ1n) is 10.2. The zero-order valence-electron chi connectivity index (χ0n) is 17.4. The molecule has 7 heteroatoms. The van der Waals surface area contributed by atoms with Crippen LogP contribution in [0.1, 0.15) is 25.3 Å². The third kappa shape index (κ3) is 4.88. The van der Waals surface area contributed by atoms with E-state index in [1.165, 1.54) is 17.3 Å². The smallest absolute Gasteiger partial charge is 0.233 e. The van der Waals surface area contributed by atoms with E-state index in [9.17, 15) is 4.79 Å². The van der Waals surface area contributed by atoms with Crippen LogP contribution in [0.2, 0.25) is 0 Å². The summed E-state index contributed by atoms with van der Waals surface area (Å²) in [6, 6.07) is 23.7. The van der Waals surface area contributed by atoms with Crippen LogP contribution in [0, 0.1) is 0 Å². The van der Waals surface area contributed by atoms with Crippen LogP contribution in [0.25, 0.3) is 17.3 Å². The van der Waals surface area contributed by atoms with Gasteiger partial charge in [-0.1, -0.05) is 67.2 Å². The van der Waals surface area contributed by atoms with Gasteiger partial charge in [0.25, 0.3) is 0 Å². The number of hydrogen-bond donors (Lipinski definition) is 1. The highest BCUT2D eigenvalue weighted by atomic mass is 32.2. The van der Waals surface area contributed by atoms with Gasteiger partial charge in [-0.25, -0.2) is 0 Å². The van der Waals surface area contributed by atoms with E-state index in [4.69, 9.17) is 4.42 Å². The Kier molecular flexibility index (Phi) is 6.52. The normalized spacial score (nSPS) is 13.0. The molecule has 2 aromatic heterocycles. The van der Waals surface area contributed by atoms with Gasteiger partial charge in [-0.05, 0) is 42.7 Å². The molecule has 0 saturated carbocycles.